The first kappa shape index (κ1) is 55.4. The number of aliphatic hydroxyl groups excluding tert-OH is 6. The van der Waals surface area contributed by atoms with Crippen LogP contribution in [0.15, 0.2) is 72.0 Å². The van der Waals surface area contributed by atoms with E-state index in [0.29, 0.717) is 0 Å². The third-order valence-corrected chi connectivity index (χ3v) is 14.8. The first-order chi connectivity index (χ1) is 34.3. The van der Waals surface area contributed by atoms with Crippen molar-refractivity contribution >= 4 is 35.8 Å². The van der Waals surface area contributed by atoms with Crippen LogP contribution in [-0.4, -0.2) is 169 Å². The van der Waals surface area contributed by atoms with Crippen molar-refractivity contribution in [3.05, 3.63) is 83.1 Å². The average Bonchev–Trinajstić information content (AvgIpc) is 3.33. The number of fused-ring (bicyclic) bond motifs is 5. The lowest BCUT2D eigenvalue weighted by molar-refractivity contribution is -0.342. The highest BCUT2D eigenvalue weighted by molar-refractivity contribution is 6.02. The van der Waals surface area contributed by atoms with Gasteiger partial charge in [0.05, 0.1) is 55.3 Å². The molecule has 2 aromatic carbocycles. The van der Waals surface area contributed by atoms with Gasteiger partial charge in [-0.15, -0.1) is 0 Å². The lowest BCUT2D eigenvalue weighted by atomic mass is 9.47. The minimum Gasteiger partial charge on any atom is -0.460 e. The van der Waals surface area contributed by atoms with Crippen LogP contribution < -0.4 is 5.32 Å². The Morgan fingerprint density at radius 1 is 0.918 bits per heavy atom. The zero-order chi connectivity index (χ0) is 53.5. The van der Waals surface area contributed by atoms with E-state index in [-0.39, 0.29) is 23.1 Å². The summed E-state index contributed by atoms with van der Waals surface area (Å²) in [5, 5.41) is 80.9. The van der Waals surface area contributed by atoms with Crippen molar-refractivity contribution in [3.8, 4) is 0 Å². The number of alkyl carbamates (subject to hydrolysis) is 1. The second-order valence-corrected chi connectivity index (χ2v) is 20.6. The van der Waals surface area contributed by atoms with Crippen LogP contribution in [0.5, 0.6) is 0 Å². The van der Waals surface area contributed by atoms with E-state index in [1.807, 2.05) is 0 Å². The molecule has 4 fully saturated rings. The van der Waals surface area contributed by atoms with Crippen molar-refractivity contribution in [2.45, 2.75) is 152 Å². The molecule has 0 aromatic heterocycles. The normalized spacial score (nSPS) is 36.8. The predicted molar refractivity (Wildman–Crippen MR) is 247 cm³/mol. The molecule has 2 saturated heterocycles. The molecule has 400 valence electrons. The monoisotopic (exact) mass is 1030 g/mol. The standard InChI is InChI=1S/C51H65NO21/c1-24-29(68-45(63)37(58)35(27-14-10-8-11-15-27)52-47(64)73-48(4,5)6)21-50(65)25(2)34(24)40(70-33(56)18-19-66-46-39(60)38(59)36(57)30(22-53)69-46)42(61)49(7)31(55)20-32-51(23-67-32,72-26(3)54)41(49)43(50)71-44(62)28-16-12-9-13-17-28/h8-17,24-25,29-32,35-39,41,43,46,53,55,57-60,65H,18-23H2,1-7H3,(H,52,64)/b40-34+/t24?,25-,29-,30+,31-,32+,35-,36-,37+,38-,39+,41?,43-,46?,49+,50-,51-/m0/s1. The Bertz CT molecular complexity index is 2410. The molecule has 22 heteroatoms. The van der Waals surface area contributed by atoms with Crippen LogP contribution >= 0.6 is 0 Å². The molecule has 2 aromatic rings. The highest BCUT2D eigenvalue weighted by atomic mass is 16.7. The van der Waals surface area contributed by atoms with Gasteiger partial charge >= 0.3 is 30.0 Å². The molecule has 2 heterocycles. The molecule has 3 unspecified atom stereocenters. The molecule has 22 nitrogen and oxygen atoms in total. The number of aliphatic hydroxyl groups is 7. The van der Waals surface area contributed by atoms with Gasteiger partial charge < -0.3 is 79.0 Å². The highest BCUT2D eigenvalue weighted by Gasteiger charge is 2.76. The molecule has 1 amide bonds. The van der Waals surface area contributed by atoms with E-state index in [4.69, 9.17) is 37.9 Å². The summed E-state index contributed by atoms with van der Waals surface area (Å²) in [6, 6.07) is 14.1. The van der Waals surface area contributed by atoms with Crippen LogP contribution in [0.3, 0.4) is 0 Å². The first-order valence-corrected chi connectivity index (χ1v) is 24.1. The van der Waals surface area contributed by atoms with Gasteiger partial charge in [0.2, 0.25) is 5.78 Å². The predicted octanol–water partition coefficient (Wildman–Crippen LogP) is 0.832. The SMILES string of the molecule is CC(=O)O[C@@]12CO[C@@H]1C[C@H](O)[C@@]1(C)C(=O)/C(OC(=O)CCOC3O[C@H](CO)[C@H](O)[C@H](O)[C@H]3O)=C3/C(C)[C@@H](OC(=O)[C@H](O)[C@@H](NC(=O)OC(C)(C)C)c4ccccc4)C[C@](O)([C@H]3C)[C@@H](OC(=O)c3ccccc3)C12. The minimum atomic E-state index is -2.49. The summed E-state index contributed by atoms with van der Waals surface area (Å²) in [7, 11) is 0. The van der Waals surface area contributed by atoms with Gasteiger partial charge in [0.25, 0.3) is 0 Å². The largest absolute Gasteiger partial charge is 0.460 e. The molecule has 5 aliphatic rings. The number of benzene rings is 2. The summed E-state index contributed by atoms with van der Waals surface area (Å²) in [6.45, 7) is 8.43. The number of amides is 1. The average molecular weight is 1030 g/mol. The summed E-state index contributed by atoms with van der Waals surface area (Å²) in [5.74, 6) is -10.4. The van der Waals surface area contributed by atoms with Gasteiger partial charge in [0, 0.05) is 31.6 Å². The van der Waals surface area contributed by atoms with Crippen molar-refractivity contribution in [1.29, 1.82) is 0 Å². The van der Waals surface area contributed by atoms with Gasteiger partial charge in [-0.05, 0) is 51.0 Å². The highest BCUT2D eigenvalue weighted by Crippen LogP contribution is 2.62. The molecule has 7 rings (SSSR count). The number of esters is 4. The molecule has 0 radical (unpaired) electrons. The van der Waals surface area contributed by atoms with Crippen LogP contribution in [0.4, 0.5) is 4.79 Å². The number of ether oxygens (including phenoxy) is 8. The van der Waals surface area contributed by atoms with E-state index in [0.717, 1.165) is 6.92 Å². The van der Waals surface area contributed by atoms with Gasteiger partial charge in [-0.2, -0.15) is 0 Å². The Morgan fingerprint density at radius 3 is 2.15 bits per heavy atom. The van der Waals surface area contributed by atoms with Crippen molar-refractivity contribution < 1.29 is 102 Å². The molecule has 73 heavy (non-hydrogen) atoms. The summed E-state index contributed by atoms with van der Waals surface area (Å²) in [4.78, 5) is 85.0. The van der Waals surface area contributed by atoms with Gasteiger partial charge in [0.1, 0.15) is 53.9 Å². The zero-order valence-corrected chi connectivity index (χ0v) is 41.4. The van der Waals surface area contributed by atoms with Gasteiger partial charge in [0.15, 0.2) is 23.8 Å². The first-order valence-electron chi connectivity index (χ1n) is 24.1. The number of nitrogens with one attached hydrogen (secondary N) is 1. The molecule has 8 N–H and O–H groups in total. The Morgan fingerprint density at radius 2 is 1.56 bits per heavy atom. The van der Waals surface area contributed by atoms with Crippen molar-refractivity contribution in [2.24, 2.45) is 23.2 Å². The number of rotatable bonds is 14. The maximum Gasteiger partial charge on any atom is 0.408 e. The summed E-state index contributed by atoms with van der Waals surface area (Å²) in [6.07, 6.45) is -19.4. The van der Waals surface area contributed by atoms with Crippen LogP contribution in [0.25, 0.3) is 0 Å². The lowest BCUT2D eigenvalue weighted by Gasteiger charge is -2.65. The number of carbonyl (C=O) groups is 6. The Labute approximate surface area is 420 Å². The number of ketones is 1. The Kier molecular flexibility index (Phi) is 16.3. The van der Waals surface area contributed by atoms with Crippen molar-refractivity contribution in [1.82, 2.24) is 5.32 Å². The number of carbonyl (C=O) groups excluding carboxylic acids is 6. The van der Waals surface area contributed by atoms with E-state index in [2.05, 4.69) is 5.32 Å². The Balaban J connectivity index is 1.34. The van der Waals surface area contributed by atoms with Crippen molar-refractivity contribution in [3.63, 3.8) is 0 Å². The summed E-state index contributed by atoms with van der Waals surface area (Å²) in [5.41, 5.74) is -7.48. The van der Waals surface area contributed by atoms with Gasteiger partial charge in [-0.25, -0.2) is 14.4 Å². The minimum absolute atomic E-state index is 0.00387. The zero-order valence-electron chi connectivity index (χ0n) is 41.4. The third-order valence-electron chi connectivity index (χ3n) is 14.8. The van der Waals surface area contributed by atoms with E-state index >= 15 is 4.79 Å². The topological polar surface area (TPSA) is 330 Å². The second-order valence-electron chi connectivity index (χ2n) is 20.6. The van der Waals surface area contributed by atoms with Crippen molar-refractivity contribution in [2.75, 3.05) is 19.8 Å². The quantitative estimate of drug-likeness (QED) is 0.0960. The van der Waals surface area contributed by atoms with Crippen LogP contribution in [0.2, 0.25) is 0 Å². The van der Waals surface area contributed by atoms with Gasteiger partial charge in [-0.3, -0.25) is 14.4 Å². The number of hydrogen-bond donors (Lipinski definition) is 8. The lowest BCUT2D eigenvalue weighted by Crippen LogP contribution is -2.80. The van der Waals surface area contributed by atoms with E-state index in [1.165, 1.54) is 45.0 Å². The fourth-order valence-electron chi connectivity index (χ4n) is 10.9. The smallest absolute Gasteiger partial charge is 0.408 e. The summed E-state index contributed by atoms with van der Waals surface area (Å²) >= 11 is 0. The van der Waals surface area contributed by atoms with E-state index in [1.54, 1.807) is 57.2 Å². The van der Waals surface area contributed by atoms with E-state index < -0.39 is 181 Å². The maximum absolute atomic E-state index is 15.8. The Hall–Kier alpha value is -5.40. The molecule has 2 bridgehead atoms. The fraction of sp³-hybridized carbons (Fsp3) is 0.608. The number of Topliss-reactive ketones (excluding diaryl/α,β-unsaturated/α-hetero) is 1. The molecule has 3 aliphatic carbocycles. The number of allylic oxidation sites excluding steroid dienone is 1. The molecule has 2 saturated carbocycles. The van der Waals surface area contributed by atoms with Crippen LogP contribution in [0, 0.1) is 23.2 Å². The molecular formula is C51H65NO21. The summed E-state index contributed by atoms with van der Waals surface area (Å²) < 4.78 is 46.7. The maximum atomic E-state index is 15.8. The second kappa shape index (κ2) is 21.4. The van der Waals surface area contributed by atoms with Crippen LogP contribution in [0.1, 0.15) is 89.7 Å². The molecule has 2 aliphatic heterocycles. The van der Waals surface area contributed by atoms with Gasteiger partial charge in [-0.1, -0.05) is 62.4 Å². The van der Waals surface area contributed by atoms with E-state index in [9.17, 15) is 59.7 Å². The molecular weight excluding hydrogens is 963 g/mol. The third kappa shape index (κ3) is 10.6. The molecule has 0 spiro atoms. The number of hydrogen-bond acceptors (Lipinski definition) is 21. The fourth-order valence-corrected chi connectivity index (χ4v) is 10.9. The van der Waals surface area contributed by atoms with Crippen LogP contribution in [-0.2, 0) is 57.1 Å². The molecule has 17 atom stereocenters.